The second-order valence-electron chi connectivity index (χ2n) is 6.94. The molecule has 0 saturated heterocycles. The fourth-order valence-electron chi connectivity index (χ4n) is 3.33. The first-order valence-electron chi connectivity index (χ1n) is 9.88. The average Bonchev–Trinajstić information content (AvgIpc) is 3.23. The van der Waals surface area contributed by atoms with Crippen molar-refractivity contribution in [2.24, 2.45) is 0 Å². The molecule has 0 atom stereocenters. The van der Waals surface area contributed by atoms with Crippen LogP contribution in [0.3, 0.4) is 0 Å². The van der Waals surface area contributed by atoms with Crippen molar-refractivity contribution < 1.29 is 9.53 Å². The van der Waals surface area contributed by atoms with Gasteiger partial charge in [0.15, 0.2) is 0 Å². The third-order valence-corrected chi connectivity index (χ3v) is 4.84. The number of hydrogen-bond donors (Lipinski definition) is 3. The van der Waals surface area contributed by atoms with Gasteiger partial charge in [0.25, 0.3) is 0 Å². The van der Waals surface area contributed by atoms with Gasteiger partial charge >= 0.3 is 0 Å². The third kappa shape index (κ3) is 4.62. The summed E-state index contributed by atoms with van der Waals surface area (Å²) < 4.78 is 5.25. The molecule has 0 unspecified atom stereocenters. The van der Waals surface area contributed by atoms with E-state index in [1.165, 1.54) is 6.08 Å². The van der Waals surface area contributed by atoms with E-state index in [0.717, 1.165) is 39.0 Å². The maximum Gasteiger partial charge on any atom is 0.248 e. The minimum Gasteiger partial charge on any atom is -0.481 e. The van der Waals surface area contributed by atoms with Gasteiger partial charge in [-0.05, 0) is 42.4 Å². The molecular formula is C24H23N5O2. The lowest BCUT2D eigenvalue weighted by Crippen LogP contribution is -2.10. The van der Waals surface area contributed by atoms with E-state index in [2.05, 4.69) is 31.7 Å². The minimum atomic E-state index is -0.166. The van der Waals surface area contributed by atoms with Gasteiger partial charge in [-0.3, -0.25) is 4.79 Å². The van der Waals surface area contributed by atoms with Crippen LogP contribution in [-0.2, 0) is 4.79 Å². The van der Waals surface area contributed by atoms with Crippen LogP contribution in [0, 0.1) is 0 Å². The van der Waals surface area contributed by atoms with E-state index in [9.17, 15) is 4.79 Å². The number of carbonyl (C=O) groups is 1. The molecule has 3 aromatic heterocycles. The van der Waals surface area contributed by atoms with Crippen LogP contribution in [-0.4, -0.2) is 41.6 Å². The summed E-state index contributed by atoms with van der Waals surface area (Å²) >= 11 is 0. The van der Waals surface area contributed by atoms with Gasteiger partial charge in [0.05, 0.1) is 7.11 Å². The van der Waals surface area contributed by atoms with Crippen molar-refractivity contribution in [3.8, 4) is 28.1 Å². The van der Waals surface area contributed by atoms with Gasteiger partial charge in [-0.2, -0.15) is 0 Å². The largest absolute Gasteiger partial charge is 0.481 e. The van der Waals surface area contributed by atoms with Crippen LogP contribution < -0.4 is 15.4 Å². The molecule has 4 aromatic rings. The van der Waals surface area contributed by atoms with E-state index in [0.29, 0.717) is 12.4 Å². The molecule has 7 heteroatoms. The topological polar surface area (TPSA) is 91.9 Å². The number of anilines is 1. The first-order chi connectivity index (χ1) is 15.2. The lowest BCUT2D eigenvalue weighted by atomic mass is 10.0. The summed E-state index contributed by atoms with van der Waals surface area (Å²) in [6, 6.07) is 13.6. The maximum atomic E-state index is 12.1. The van der Waals surface area contributed by atoms with Crippen molar-refractivity contribution in [3.63, 3.8) is 0 Å². The Morgan fingerprint density at radius 1 is 1.13 bits per heavy atom. The number of nitrogens with zero attached hydrogens (tertiary/aromatic N) is 2. The number of aromatic amines is 1. The Labute approximate surface area is 180 Å². The molecule has 3 N–H and O–H groups in total. The highest BCUT2D eigenvalue weighted by Crippen LogP contribution is 2.32. The van der Waals surface area contributed by atoms with Crippen LogP contribution >= 0.6 is 0 Å². The predicted molar refractivity (Wildman–Crippen MR) is 123 cm³/mol. The molecule has 4 rings (SSSR count). The number of H-pyrrole nitrogens is 1. The molecular weight excluding hydrogens is 390 g/mol. The number of methoxy groups -OCH3 is 1. The molecule has 0 fully saturated rings. The molecule has 0 aliphatic rings. The Morgan fingerprint density at radius 2 is 2.03 bits per heavy atom. The van der Waals surface area contributed by atoms with Crippen LogP contribution in [0.1, 0.15) is 0 Å². The van der Waals surface area contributed by atoms with Crippen molar-refractivity contribution >= 4 is 22.6 Å². The Bertz CT molecular complexity index is 1250. The number of fused-ring (bicyclic) bond motifs is 1. The summed E-state index contributed by atoms with van der Waals surface area (Å²) in [5.41, 5.74) is 5.45. The van der Waals surface area contributed by atoms with Gasteiger partial charge in [-0.1, -0.05) is 18.2 Å². The molecule has 3 heterocycles. The summed E-state index contributed by atoms with van der Waals surface area (Å²) in [4.78, 5) is 24.1. The van der Waals surface area contributed by atoms with E-state index < -0.39 is 0 Å². The highest BCUT2D eigenvalue weighted by molar-refractivity contribution is 6.00. The smallest absolute Gasteiger partial charge is 0.248 e. The molecule has 0 spiro atoms. The maximum absolute atomic E-state index is 12.1. The van der Waals surface area contributed by atoms with Crippen molar-refractivity contribution in [2.45, 2.75) is 0 Å². The van der Waals surface area contributed by atoms with Gasteiger partial charge in [-0.25, -0.2) is 9.97 Å². The van der Waals surface area contributed by atoms with Crippen LogP contribution in [0.5, 0.6) is 5.88 Å². The molecule has 0 radical (unpaired) electrons. The fourth-order valence-corrected chi connectivity index (χ4v) is 3.33. The summed E-state index contributed by atoms with van der Waals surface area (Å²) in [5, 5.41) is 6.85. The van der Waals surface area contributed by atoms with Crippen molar-refractivity contribution in [1.29, 1.82) is 0 Å². The van der Waals surface area contributed by atoms with Gasteiger partial charge < -0.3 is 20.4 Å². The molecule has 0 saturated carbocycles. The minimum absolute atomic E-state index is 0.166. The van der Waals surface area contributed by atoms with Gasteiger partial charge in [0, 0.05) is 59.5 Å². The molecule has 156 valence electrons. The zero-order chi connectivity index (χ0) is 21.6. The number of hydrogen-bond acceptors (Lipinski definition) is 5. The van der Waals surface area contributed by atoms with Crippen molar-refractivity contribution in [1.82, 2.24) is 20.3 Å². The number of rotatable bonds is 7. The van der Waals surface area contributed by atoms with E-state index >= 15 is 0 Å². The number of benzene rings is 1. The fraction of sp³-hybridized carbons (Fsp3) is 0.125. The molecule has 1 amide bonds. The van der Waals surface area contributed by atoms with Crippen LogP contribution in [0.15, 0.2) is 73.2 Å². The second-order valence-corrected chi connectivity index (χ2v) is 6.94. The standard InChI is InChI=1S/C24H23N5O2/c1-25-9-4-7-22(30)29-19-6-3-5-16(11-19)18-12-20-21(15-28-24(20)27-14-18)17-8-10-26-23(13-17)31-2/h3-8,10-15,25H,9H2,1-2H3,(H,27,28)(H,29,30)/b7-4+. The second kappa shape index (κ2) is 9.23. The highest BCUT2D eigenvalue weighted by atomic mass is 16.5. The van der Waals surface area contributed by atoms with E-state index in [1.54, 1.807) is 19.4 Å². The zero-order valence-corrected chi connectivity index (χ0v) is 17.3. The van der Waals surface area contributed by atoms with E-state index in [-0.39, 0.29) is 5.91 Å². The number of pyridine rings is 2. The summed E-state index contributed by atoms with van der Waals surface area (Å²) in [7, 11) is 3.43. The van der Waals surface area contributed by atoms with Gasteiger partial charge in [-0.15, -0.1) is 0 Å². The molecule has 0 aliphatic heterocycles. The van der Waals surface area contributed by atoms with E-state index in [1.807, 2.05) is 55.8 Å². The quantitative estimate of drug-likeness (QED) is 0.398. The van der Waals surface area contributed by atoms with Crippen LogP contribution in [0.2, 0.25) is 0 Å². The lowest BCUT2D eigenvalue weighted by Gasteiger charge is -2.07. The number of nitrogens with one attached hydrogen (secondary N) is 3. The first-order valence-corrected chi connectivity index (χ1v) is 9.88. The number of likely N-dealkylation sites (N-methyl/N-ethyl adjacent to an activating group) is 1. The highest BCUT2D eigenvalue weighted by Gasteiger charge is 2.11. The number of ether oxygens (including phenoxy) is 1. The monoisotopic (exact) mass is 413 g/mol. The summed E-state index contributed by atoms with van der Waals surface area (Å²) in [6.45, 7) is 0.640. The normalized spacial score (nSPS) is 11.2. The van der Waals surface area contributed by atoms with Gasteiger partial charge in [0.1, 0.15) is 5.65 Å². The molecule has 31 heavy (non-hydrogen) atoms. The molecule has 0 aliphatic carbocycles. The average molecular weight is 413 g/mol. The number of aromatic nitrogens is 3. The SMILES string of the molecule is CNC/C=C/C(=O)Nc1cccc(-c2cnc3[nH]cc(-c4ccnc(OC)c4)c3c2)c1. The Balaban J connectivity index is 1.65. The zero-order valence-electron chi connectivity index (χ0n) is 17.3. The number of amides is 1. The Morgan fingerprint density at radius 3 is 2.87 bits per heavy atom. The Kier molecular flexibility index (Phi) is 6.05. The van der Waals surface area contributed by atoms with Gasteiger partial charge in [0.2, 0.25) is 11.8 Å². The first kappa shape index (κ1) is 20.3. The predicted octanol–water partition coefficient (Wildman–Crippen LogP) is 4.01. The Hall–Kier alpha value is -3.97. The summed E-state index contributed by atoms with van der Waals surface area (Å²) in [5.74, 6) is 0.392. The molecule has 7 nitrogen and oxygen atoms in total. The summed E-state index contributed by atoms with van der Waals surface area (Å²) in [6.07, 6.45) is 8.78. The van der Waals surface area contributed by atoms with Crippen molar-refractivity contribution in [3.05, 3.63) is 73.2 Å². The molecule has 0 bridgehead atoms. The molecule has 1 aromatic carbocycles. The van der Waals surface area contributed by atoms with Crippen LogP contribution in [0.4, 0.5) is 5.69 Å². The number of carbonyl (C=O) groups excluding carboxylic acids is 1. The van der Waals surface area contributed by atoms with Crippen molar-refractivity contribution in [2.75, 3.05) is 26.0 Å². The third-order valence-electron chi connectivity index (χ3n) is 4.84. The lowest BCUT2D eigenvalue weighted by molar-refractivity contribution is -0.111. The van der Waals surface area contributed by atoms with Crippen LogP contribution in [0.25, 0.3) is 33.3 Å². The van der Waals surface area contributed by atoms with E-state index in [4.69, 9.17) is 4.74 Å².